The van der Waals surface area contributed by atoms with Gasteiger partial charge in [0.1, 0.15) is 5.78 Å². The van der Waals surface area contributed by atoms with E-state index < -0.39 is 17.9 Å². The Balaban J connectivity index is 2.56. The molecule has 0 saturated heterocycles. The Labute approximate surface area is 94.5 Å². The summed E-state index contributed by atoms with van der Waals surface area (Å²) in [4.78, 5) is 34.2. The minimum absolute atomic E-state index is 0.105. The van der Waals surface area contributed by atoms with Crippen molar-refractivity contribution in [3.63, 3.8) is 0 Å². The maximum Gasteiger partial charge on any atom is 0.413 e. The van der Waals surface area contributed by atoms with Crippen molar-refractivity contribution < 1.29 is 19.1 Å². The zero-order valence-corrected chi connectivity index (χ0v) is 9.83. The first-order chi connectivity index (χ1) is 7.35. The Hall–Kier alpha value is -1.39. The van der Waals surface area contributed by atoms with Crippen molar-refractivity contribution in [3.05, 3.63) is 0 Å². The van der Waals surface area contributed by atoms with Crippen LogP contribution in [0.2, 0.25) is 0 Å². The van der Waals surface area contributed by atoms with Gasteiger partial charge in [-0.25, -0.2) is 4.79 Å². The van der Waals surface area contributed by atoms with E-state index >= 15 is 0 Å². The van der Waals surface area contributed by atoms with Crippen LogP contribution >= 0.6 is 0 Å². The van der Waals surface area contributed by atoms with Crippen LogP contribution in [0.3, 0.4) is 0 Å². The lowest BCUT2D eigenvalue weighted by Crippen LogP contribution is -2.37. The van der Waals surface area contributed by atoms with Crippen LogP contribution in [-0.2, 0) is 14.3 Å². The number of amides is 2. The number of carbonyl (C=O) groups is 3. The standard InChI is InChI=1S/C11H17NO4/c1-4-16-10(15)12-9(14)7-5-11(2,3)6-8(7)13/h7H,4-6H2,1-3H3,(H,12,14,15). The number of alkyl carbamates (subject to hydrolysis) is 1. The van der Waals surface area contributed by atoms with E-state index in [4.69, 9.17) is 0 Å². The van der Waals surface area contributed by atoms with Gasteiger partial charge < -0.3 is 4.74 Å². The fraction of sp³-hybridized carbons (Fsp3) is 0.727. The van der Waals surface area contributed by atoms with Crippen molar-refractivity contribution in [2.24, 2.45) is 11.3 Å². The topological polar surface area (TPSA) is 72.5 Å². The van der Waals surface area contributed by atoms with E-state index in [-0.39, 0.29) is 17.8 Å². The number of hydrogen-bond donors (Lipinski definition) is 1. The van der Waals surface area contributed by atoms with Gasteiger partial charge in [-0.15, -0.1) is 0 Å². The number of Topliss-reactive ketones (excluding diaryl/α,β-unsaturated/α-hetero) is 1. The minimum Gasteiger partial charge on any atom is -0.450 e. The van der Waals surface area contributed by atoms with Gasteiger partial charge in [-0.1, -0.05) is 13.8 Å². The summed E-state index contributed by atoms with van der Waals surface area (Å²) in [5, 5.41) is 2.07. The van der Waals surface area contributed by atoms with E-state index in [0.717, 1.165) is 0 Å². The molecule has 16 heavy (non-hydrogen) atoms. The van der Waals surface area contributed by atoms with E-state index in [1.165, 1.54) is 0 Å². The summed E-state index contributed by atoms with van der Waals surface area (Å²) in [6.45, 7) is 5.71. The molecule has 5 heteroatoms. The zero-order chi connectivity index (χ0) is 12.3. The maximum atomic E-state index is 11.6. The van der Waals surface area contributed by atoms with Crippen molar-refractivity contribution in [2.75, 3.05) is 6.61 Å². The normalized spacial score (nSPS) is 22.9. The van der Waals surface area contributed by atoms with Crippen LogP contribution in [0.4, 0.5) is 4.79 Å². The third-order valence-corrected chi connectivity index (χ3v) is 2.62. The molecule has 1 rings (SSSR count). The average molecular weight is 227 g/mol. The maximum absolute atomic E-state index is 11.6. The third kappa shape index (κ3) is 3.05. The van der Waals surface area contributed by atoms with Crippen LogP contribution in [0.15, 0.2) is 0 Å². The van der Waals surface area contributed by atoms with Crippen molar-refractivity contribution in [1.82, 2.24) is 5.32 Å². The molecule has 0 heterocycles. The number of imide groups is 1. The molecule has 0 bridgehead atoms. The van der Waals surface area contributed by atoms with Crippen LogP contribution in [0.5, 0.6) is 0 Å². The first-order valence-corrected chi connectivity index (χ1v) is 5.36. The lowest BCUT2D eigenvalue weighted by atomic mass is 9.90. The number of rotatable bonds is 2. The van der Waals surface area contributed by atoms with Crippen LogP contribution < -0.4 is 5.32 Å². The molecule has 1 fully saturated rings. The summed E-state index contributed by atoms with van der Waals surface area (Å²) in [7, 11) is 0. The molecule has 2 amide bonds. The van der Waals surface area contributed by atoms with E-state index in [1.807, 2.05) is 13.8 Å². The summed E-state index contributed by atoms with van der Waals surface area (Å²) < 4.78 is 4.58. The summed E-state index contributed by atoms with van der Waals surface area (Å²) in [5.41, 5.74) is -0.159. The molecule has 0 aromatic rings. The second kappa shape index (κ2) is 4.63. The lowest BCUT2D eigenvalue weighted by molar-refractivity contribution is -0.131. The molecule has 1 aliphatic carbocycles. The van der Waals surface area contributed by atoms with E-state index in [1.54, 1.807) is 6.92 Å². The quantitative estimate of drug-likeness (QED) is 0.721. The number of hydrogen-bond acceptors (Lipinski definition) is 4. The number of nitrogens with one attached hydrogen (secondary N) is 1. The van der Waals surface area contributed by atoms with Gasteiger partial charge in [-0.2, -0.15) is 0 Å². The third-order valence-electron chi connectivity index (χ3n) is 2.62. The van der Waals surface area contributed by atoms with E-state index in [9.17, 15) is 14.4 Å². The van der Waals surface area contributed by atoms with Gasteiger partial charge in [0.25, 0.3) is 0 Å². The Kier molecular flexibility index (Phi) is 3.67. The van der Waals surface area contributed by atoms with Crippen LogP contribution in [0.25, 0.3) is 0 Å². The fourth-order valence-electron chi connectivity index (χ4n) is 1.93. The Morgan fingerprint density at radius 3 is 2.56 bits per heavy atom. The van der Waals surface area contributed by atoms with Crippen LogP contribution in [0.1, 0.15) is 33.6 Å². The van der Waals surface area contributed by atoms with Crippen molar-refractivity contribution in [1.29, 1.82) is 0 Å². The van der Waals surface area contributed by atoms with Gasteiger partial charge in [0.15, 0.2) is 0 Å². The molecule has 1 aliphatic rings. The average Bonchev–Trinajstić information content (AvgIpc) is 2.40. The summed E-state index contributed by atoms with van der Waals surface area (Å²) in [6, 6.07) is 0. The highest BCUT2D eigenvalue weighted by atomic mass is 16.5. The van der Waals surface area contributed by atoms with Crippen molar-refractivity contribution >= 4 is 17.8 Å². The fourth-order valence-corrected chi connectivity index (χ4v) is 1.93. The first-order valence-electron chi connectivity index (χ1n) is 5.36. The van der Waals surface area contributed by atoms with Crippen molar-refractivity contribution in [3.8, 4) is 0 Å². The Bertz CT molecular complexity index is 322. The summed E-state index contributed by atoms with van der Waals surface area (Å²) in [5.74, 6) is -1.36. The second-order valence-corrected chi connectivity index (χ2v) is 4.77. The van der Waals surface area contributed by atoms with E-state index in [2.05, 4.69) is 10.1 Å². The second-order valence-electron chi connectivity index (χ2n) is 4.77. The molecule has 1 atom stereocenters. The molecule has 5 nitrogen and oxygen atoms in total. The predicted octanol–water partition coefficient (Wildman–Crippen LogP) is 1.26. The predicted molar refractivity (Wildman–Crippen MR) is 56.7 cm³/mol. The largest absolute Gasteiger partial charge is 0.450 e. The van der Waals surface area contributed by atoms with Gasteiger partial charge in [0.2, 0.25) is 5.91 Å². The SMILES string of the molecule is CCOC(=O)NC(=O)C1CC(C)(C)CC1=O. The highest BCUT2D eigenvalue weighted by Gasteiger charge is 2.42. The molecule has 0 spiro atoms. The molecule has 0 aliphatic heterocycles. The molecule has 0 aromatic heterocycles. The molecular formula is C11H17NO4. The number of ether oxygens (including phenoxy) is 1. The van der Waals surface area contributed by atoms with Gasteiger partial charge in [0, 0.05) is 6.42 Å². The molecule has 0 aromatic carbocycles. The summed E-state index contributed by atoms with van der Waals surface area (Å²) >= 11 is 0. The molecule has 90 valence electrons. The minimum atomic E-state index is -0.787. The Morgan fingerprint density at radius 1 is 1.50 bits per heavy atom. The van der Waals surface area contributed by atoms with Crippen LogP contribution in [0, 0.1) is 11.3 Å². The highest BCUT2D eigenvalue weighted by molar-refractivity contribution is 6.07. The number of carbonyl (C=O) groups excluding carboxylic acids is 3. The van der Waals surface area contributed by atoms with Gasteiger partial charge in [-0.05, 0) is 18.8 Å². The molecule has 1 saturated carbocycles. The number of ketones is 1. The van der Waals surface area contributed by atoms with Gasteiger partial charge in [0.05, 0.1) is 12.5 Å². The van der Waals surface area contributed by atoms with Gasteiger partial charge >= 0.3 is 6.09 Å². The smallest absolute Gasteiger partial charge is 0.413 e. The molecule has 0 radical (unpaired) electrons. The Morgan fingerprint density at radius 2 is 2.12 bits per heavy atom. The molecule has 1 unspecified atom stereocenters. The van der Waals surface area contributed by atoms with E-state index in [0.29, 0.717) is 12.8 Å². The highest BCUT2D eigenvalue weighted by Crippen LogP contribution is 2.38. The van der Waals surface area contributed by atoms with Crippen molar-refractivity contribution in [2.45, 2.75) is 33.6 Å². The molecular weight excluding hydrogens is 210 g/mol. The van der Waals surface area contributed by atoms with Crippen LogP contribution in [-0.4, -0.2) is 24.4 Å². The first kappa shape index (κ1) is 12.7. The summed E-state index contributed by atoms with van der Waals surface area (Å²) in [6.07, 6.45) is 0.0790. The molecule has 1 N–H and O–H groups in total. The van der Waals surface area contributed by atoms with Gasteiger partial charge in [-0.3, -0.25) is 14.9 Å². The zero-order valence-electron chi connectivity index (χ0n) is 9.83. The lowest BCUT2D eigenvalue weighted by Gasteiger charge is -2.15. The monoisotopic (exact) mass is 227 g/mol.